The number of nitrogens with one attached hydrogen (secondary N) is 1. The van der Waals surface area contributed by atoms with Gasteiger partial charge in [-0.2, -0.15) is 0 Å². The Kier molecular flexibility index (Phi) is 3.32. The number of non-ortho nitro benzene ring substituents is 1. The Morgan fingerprint density at radius 1 is 1.08 bits per heavy atom. The normalized spacial score (nSPS) is 32.0. The molecule has 5 atom stereocenters. The number of hydrogen-bond donors (Lipinski definition) is 1. The van der Waals surface area contributed by atoms with Crippen molar-refractivity contribution in [2.24, 2.45) is 17.8 Å². The van der Waals surface area contributed by atoms with Crippen LogP contribution in [0.4, 0.5) is 11.4 Å². The Balaban J connectivity index is 1.65. The first kappa shape index (κ1) is 15.2. The Morgan fingerprint density at radius 3 is 2.68 bits per heavy atom. The number of rotatable bonds is 2. The fourth-order valence-electron chi connectivity index (χ4n) is 5.62. The summed E-state index contributed by atoms with van der Waals surface area (Å²) < 4.78 is 0. The van der Waals surface area contributed by atoms with Gasteiger partial charge in [0.15, 0.2) is 0 Å². The molecule has 0 spiro atoms. The summed E-state index contributed by atoms with van der Waals surface area (Å²) in [5, 5.41) is 15.7. The van der Waals surface area contributed by atoms with Gasteiger partial charge in [-0.3, -0.25) is 10.1 Å². The van der Waals surface area contributed by atoms with Gasteiger partial charge in [0.25, 0.3) is 5.69 Å². The van der Waals surface area contributed by atoms with Gasteiger partial charge < -0.3 is 5.32 Å². The molecule has 2 saturated carbocycles. The van der Waals surface area contributed by atoms with Crippen molar-refractivity contribution in [2.45, 2.75) is 31.2 Å². The van der Waals surface area contributed by atoms with Crippen molar-refractivity contribution in [1.82, 2.24) is 0 Å². The molecule has 1 heterocycles. The van der Waals surface area contributed by atoms with E-state index in [0.29, 0.717) is 23.7 Å². The second-order valence-corrected chi connectivity index (χ2v) is 8.02. The zero-order chi connectivity index (χ0) is 17.1. The zero-order valence-corrected chi connectivity index (χ0v) is 14.4. The van der Waals surface area contributed by atoms with Gasteiger partial charge in [0, 0.05) is 22.8 Å². The standard InChI is InChI=1S/C20H19ClN2O2/c21-16-4-2-1-3-14(16)20-19-12-6-5-11(9-12)18(19)15-10-13(23(24)25)7-8-17(15)22-20/h1-4,7-8,10-12,18-20,22H,5-6,9H2/t11-,12-,18-,19-,20+/m0/s1. The van der Waals surface area contributed by atoms with Crippen LogP contribution in [0.5, 0.6) is 0 Å². The average molecular weight is 355 g/mol. The van der Waals surface area contributed by atoms with E-state index in [0.717, 1.165) is 21.8 Å². The summed E-state index contributed by atoms with van der Waals surface area (Å²) in [7, 11) is 0. The van der Waals surface area contributed by atoms with E-state index in [1.807, 2.05) is 24.3 Å². The lowest BCUT2D eigenvalue weighted by molar-refractivity contribution is -0.384. The van der Waals surface area contributed by atoms with Gasteiger partial charge in [0.1, 0.15) is 0 Å². The Hall–Kier alpha value is -2.07. The van der Waals surface area contributed by atoms with Crippen molar-refractivity contribution in [2.75, 3.05) is 5.32 Å². The molecular weight excluding hydrogens is 336 g/mol. The predicted molar refractivity (Wildman–Crippen MR) is 98.0 cm³/mol. The Morgan fingerprint density at radius 2 is 1.88 bits per heavy atom. The van der Waals surface area contributed by atoms with Gasteiger partial charge in [0.2, 0.25) is 0 Å². The second-order valence-electron chi connectivity index (χ2n) is 7.61. The number of hydrogen-bond acceptors (Lipinski definition) is 3. The highest BCUT2D eigenvalue weighted by atomic mass is 35.5. The molecule has 128 valence electrons. The topological polar surface area (TPSA) is 55.2 Å². The van der Waals surface area contributed by atoms with Crippen molar-refractivity contribution >= 4 is 23.0 Å². The molecule has 4 nitrogen and oxygen atoms in total. The molecule has 0 amide bonds. The van der Waals surface area contributed by atoms with Crippen LogP contribution in [0.15, 0.2) is 42.5 Å². The van der Waals surface area contributed by atoms with Gasteiger partial charge in [-0.1, -0.05) is 29.8 Å². The first-order valence-electron chi connectivity index (χ1n) is 8.93. The van der Waals surface area contributed by atoms with Crippen LogP contribution in [0.2, 0.25) is 5.02 Å². The molecule has 0 unspecified atom stereocenters. The third-order valence-electron chi connectivity index (χ3n) is 6.52. The quantitative estimate of drug-likeness (QED) is 0.568. The summed E-state index contributed by atoms with van der Waals surface area (Å²) in [6.45, 7) is 0. The van der Waals surface area contributed by atoms with Gasteiger partial charge in [-0.25, -0.2) is 0 Å². The summed E-state index contributed by atoms with van der Waals surface area (Å²) in [5.74, 6) is 2.18. The second kappa shape index (κ2) is 5.46. The van der Waals surface area contributed by atoms with Crippen molar-refractivity contribution in [1.29, 1.82) is 0 Å². The van der Waals surface area contributed by atoms with E-state index in [-0.39, 0.29) is 16.7 Å². The fourth-order valence-corrected chi connectivity index (χ4v) is 5.88. The maximum atomic E-state index is 11.2. The SMILES string of the molecule is O=[N+]([O-])c1ccc2c(c1)[C@@H]1[C@H]3CC[C@@H](C3)[C@@H]1[C@@H](c1ccccc1Cl)N2. The van der Waals surface area contributed by atoms with Gasteiger partial charge in [-0.15, -0.1) is 0 Å². The Labute approximate surface area is 151 Å². The molecule has 3 aliphatic rings. The maximum absolute atomic E-state index is 11.2. The van der Waals surface area contributed by atoms with Gasteiger partial charge in [0.05, 0.1) is 11.0 Å². The van der Waals surface area contributed by atoms with E-state index in [9.17, 15) is 10.1 Å². The molecule has 25 heavy (non-hydrogen) atoms. The first-order valence-corrected chi connectivity index (χ1v) is 9.30. The summed E-state index contributed by atoms with van der Waals surface area (Å²) in [4.78, 5) is 10.9. The Bertz CT molecular complexity index is 869. The van der Waals surface area contributed by atoms with Crippen LogP contribution in [0.3, 0.4) is 0 Å². The van der Waals surface area contributed by atoms with Crippen LogP contribution in [0.1, 0.15) is 42.3 Å². The fraction of sp³-hybridized carbons (Fsp3) is 0.400. The van der Waals surface area contributed by atoms with Crippen LogP contribution in [-0.2, 0) is 0 Å². The molecule has 2 fully saturated rings. The number of nitro benzene ring substituents is 1. The molecule has 0 saturated heterocycles. The average Bonchev–Trinajstić information content (AvgIpc) is 3.23. The smallest absolute Gasteiger partial charge is 0.269 e. The molecule has 0 aromatic heterocycles. The van der Waals surface area contributed by atoms with Crippen LogP contribution < -0.4 is 5.32 Å². The van der Waals surface area contributed by atoms with Crippen LogP contribution in [0, 0.1) is 27.9 Å². The lowest BCUT2D eigenvalue weighted by Crippen LogP contribution is -2.35. The first-order chi connectivity index (χ1) is 12.1. The number of anilines is 1. The lowest BCUT2D eigenvalue weighted by Gasteiger charge is -2.43. The van der Waals surface area contributed by atoms with Gasteiger partial charge in [-0.05, 0) is 66.2 Å². The minimum absolute atomic E-state index is 0.183. The maximum Gasteiger partial charge on any atom is 0.269 e. The molecular formula is C20H19ClN2O2. The van der Waals surface area contributed by atoms with E-state index in [2.05, 4.69) is 11.4 Å². The van der Waals surface area contributed by atoms with Crippen molar-refractivity contribution < 1.29 is 4.92 Å². The minimum atomic E-state index is -0.289. The van der Waals surface area contributed by atoms with E-state index >= 15 is 0 Å². The zero-order valence-electron chi connectivity index (χ0n) is 13.7. The number of fused-ring (bicyclic) bond motifs is 7. The highest BCUT2D eigenvalue weighted by Gasteiger charge is 2.54. The van der Waals surface area contributed by atoms with Crippen LogP contribution in [0.25, 0.3) is 0 Å². The van der Waals surface area contributed by atoms with E-state index in [1.165, 1.54) is 19.3 Å². The van der Waals surface area contributed by atoms with Crippen molar-refractivity contribution in [3.05, 3.63) is 68.7 Å². The van der Waals surface area contributed by atoms with E-state index < -0.39 is 0 Å². The highest BCUT2D eigenvalue weighted by Crippen LogP contribution is 2.64. The molecule has 0 radical (unpaired) electrons. The monoisotopic (exact) mass is 354 g/mol. The lowest BCUT2D eigenvalue weighted by atomic mass is 9.68. The molecule has 2 aliphatic carbocycles. The highest BCUT2D eigenvalue weighted by molar-refractivity contribution is 6.31. The third-order valence-corrected chi connectivity index (χ3v) is 6.87. The number of halogens is 1. The van der Waals surface area contributed by atoms with Crippen molar-refractivity contribution in [3.63, 3.8) is 0 Å². The van der Waals surface area contributed by atoms with Crippen molar-refractivity contribution in [3.8, 4) is 0 Å². The molecule has 2 aromatic carbocycles. The summed E-state index contributed by atoms with van der Waals surface area (Å²) in [6, 6.07) is 13.5. The largest absolute Gasteiger partial charge is 0.378 e. The molecule has 1 N–H and O–H groups in total. The van der Waals surface area contributed by atoms with E-state index in [4.69, 9.17) is 11.6 Å². The number of nitrogens with zero attached hydrogens (tertiary/aromatic N) is 1. The van der Waals surface area contributed by atoms with E-state index in [1.54, 1.807) is 12.1 Å². The molecule has 5 heteroatoms. The number of benzene rings is 2. The summed E-state index contributed by atoms with van der Waals surface area (Å²) in [6.07, 6.45) is 3.74. The van der Waals surface area contributed by atoms with Gasteiger partial charge >= 0.3 is 0 Å². The summed E-state index contributed by atoms with van der Waals surface area (Å²) >= 11 is 6.51. The number of nitro groups is 1. The third kappa shape index (κ3) is 2.20. The molecule has 1 aliphatic heterocycles. The predicted octanol–water partition coefficient (Wildman–Crippen LogP) is 5.54. The minimum Gasteiger partial charge on any atom is -0.378 e. The van der Waals surface area contributed by atoms with Crippen LogP contribution in [-0.4, -0.2) is 4.92 Å². The summed E-state index contributed by atoms with van der Waals surface area (Å²) in [5.41, 5.74) is 3.51. The van der Waals surface area contributed by atoms with Crippen LogP contribution >= 0.6 is 11.6 Å². The molecule has 5 rings (SSSR count). The molecule has 2 bridgehead atoms. The molecule has 2 aromatic rings.